The summed E-state index contributed by atoms with van der Waals surface area (Å²) in [5.74, 6) is -0.523. The zero-order chi connectivity index (χ0) is 22.8. The van der Waals surface area contributed by atoms with Crippen molar-refractivity contribution in [2.24, 2.45) is 5.10 Å². The number of hydrazone groups is 1. The van der Waals surface area contributed by atoms with Crippen molar-refractivity contribution in [3.8, 4) is 0 Å². The number of carbonyl (C=O) groups is 2. The zero-order valence-electron chi connectivity index (χ0n) is 18.3. The molecular formula is C27H27N3O2. The van der Waals surface area contributed by atoms with Crippen molar-refractivity contribution < 1.29 is 9.59 Å². The smallest absolute Gasteiger partial charge is 0.240 e. The van der Waals surface area contributed by atoms with E-state index >= 15 is 0 Å². The molecule has 0 fully saturated rings. The number of amides is 2. The van der Waals surface area contributed by atoms with Crippen LogP contribution >= 0.6 is 0 Å². The minimum absolute atomic E-state index is 0.0463. The fourth-order valence-electron chi connectivity index (χ4n) is 3.12. The Hall–Kier alpha value is -3.99. The van der Waals surface area contributed by atoms with E-state index in [4.69, 9.17) is 0 Å². The minimum atomic E-state index is -0.317. The first-order chi connectivity index (χ1) is 15.5. The normalized spacial score (nSPS) is 11.4. The van der Waals surface area contributed by atoms with E-state index in [0.717, 1.165) is 27.9 Å². The average molecular weight is 426 g/mol. The molecule has 0 spiro atoms. The summed E-state index contributed by atoms with van der Waals surface area (Å²) in [5, 5.41) is 7.15. The Bertz CT molecular complexity index is 1120. The lowest BCUT2D eigenvalue weighted by Crippen LogP contribution is -2.22. The van der Waals surface area contributed by atoms with E-state index in [1.165, 1.54) is 0 Å². The first-order valence-electron chi connectivity index (χ1n) is 10.5. The molecule has 5 nitrogen and oxygen atoms in total. The number of carbonyl (C=O) groups excluding carboxylic acids is 2. The van der Waals surface area contributed by atoms with E-state index in [0.29, 0.717) is 5.71 Å². The van der Waals surface area contributed by atoms with E-state index in [-0.39, 0.29) is 24.7 Å². The van der Waals surface area contributed by atoms with Crippen LogP contribution in [0.3, 0.4) is 0 Å². The Morgan fingerprint density at radius 2 is 1.50 bits per heavy atom. The Morgan fingerprint density at radius 3 is 2.19 bits per heavy atom. The van der Waals surface area contributed by atoms with Crippen LogP contribution in [0.25, 0.3) is 6.08 Å². The van der Waals surface area contributed by atoms with Crippen LogP contribution in [0, 0.1) is 13.8 Å². The van der Waals surface area contributed by atoms with Crippen LogP contribution in [0.4, 0.5) is 5.69 Å². The first kappa shape index (κ1) is 22.7. The molecule has 3 aromatic carbocycles. The van der Waals surface area contributed by atoms with E-state index < -0.39 is 0 Å². The molecule has 3 aromatic rings. The van der Waals surface area contributed by atoms with Crippen molar-refractivity contribution in [3.05, 3.63) is 107 Å². The lowest BCUT2D eigenvalue weighted by molar-refractivity contribution is -0.124. The number of nitrogens with one attached hydrogen (secondary N) is 2. The SMILES string of the molecule is Cc1ccc(NC(=O)CCC(=O)N/N=C(/C=C/c2ccccc2)c2ccccc2)c(C)c1. The molecule has 0 aliphatic carbocycles. The Kier molecular flexibility index (Phi) is 8.09. The largest absolute Gasteiger partial charge is 0.326 e. The highest BCUT2D eigenvalue weighted by atomic mass is 16.2. The molecule has 0 bridgehead atoms. The molecule has 2 amide bonds. The van der Waals surface area contributed by atoms with Gasteiger partial charge in [0, 0.05) is 24.1 Å². The molecule has 0 atom stereocenters. The molecule has 0 saturated carbocycles. The molecule has 0 radical (unpaired) electrons. The lowest BCUT2D eigenvalue weighted by atomic mass is 10.1. The summed E-state index contributed by atoms with van der Waals surface area (Å²) in [6.07, 6.45) is 3.92. The topological polar surface area (TPSA) is 70.6 Å². The van der Waals surface area contributed by atoms with E-state index in [2.05, 4.69) is 15.8 Å². The minimum Gasteiger partial charge on any atom is -0.326 e. The third-order valence-corrected chi connectivity index (χ3v) is 4.84. The number of aryl methyl sites for hydroxylation is 2. The van der Waals surface area contributed by atoms with Crippen molar-refractivity contribution in [1.29, 1.82) is 0 Å². The van der Waals surface area contributed by atoms with Gasteiger partial charge < -0.3 is 5.32 Å². The fraction of sp³-hybridized carbons (Fsp3) is 0.148. The van der Waals surface area contributed by atoms with Crippen molar-refractivity contribution in [3.63, 3.8) is 0 Å². The summed E-state index contributed by atoms with van der Waals surface area (Å²) < 4.78 is 0. The lowest BCUT2D eigenvalue weighted by Gasteiger charge is -2.09. The molecule has 2 N–H and O–H groups in total. The predicted molar refractivity (Wildman–Crippen MR) is 130 cm³/mol. The monoisotopic (exact) mass is 425 g/mol. The molecule has 32 heavy (non-hydrogen) atoms. The molecule has 5 heteroatoms. The van der Waals surface area contributed by atoms with Crippen LogP contribution in [-0.4, -0.2) is 17.5 Å². The van der Waals surface area contributed by atoms with Crippen molar-refractivity contribution in [2.75, 3.05) is 5.32 Å². The summed E-state index contributed by atoms with van der Waals surface area (Å²) in [7, 11) is 0. The van der Waals surface area contributed by atoms with Gasteiger partial charge in [-0.05, 0) is 37.1 Å². The quantitative estimate of drug-likeness (QED) is 0.382. The standard InChI is InChI=1S/C27H27N3O2/c1-20-13-15-24(21(2)19-20)28-26(31)17-18-27(32)30-29-25(23-11-7-4-8-12-23)16-14-22-9-5-3-6-10-22/h3-16,19H,17-18H2,1-2H3,(H,28,31)(H,30,32)/b16-14+,29-25-. The van der Waals surface area contributed by atoms with Crippen LogP contribution in [0.15, 0.2) is 90.0 Å². The van der Waals surface area contributed by atoms with Crippen molar-refractivity contribution in [2.45, 2.75) is 26.7 Å². The zero-order valence-corrected chi connectivity index (χ0v) is 18.3. The van der Waals surface area contributed by atoms with Crippen LogP contribution in [0.1, 0.15) is 35.1 Å². The van der Waals surface area contributed by atoms with Gasteiger partial charge in [0.25, 0.3) is 0 Å². The third kappa shape index (κ3) is 7.06. The number of hydrogen-bond acceptors (Lipinski definition) is 3. The van der Waals surface area contributed by atoms with Gasteiger partial charge in [0.05, 0.1) is 5.71 Å². The first-order valence-corrected chi connectivity index (χ1v) is 10.5. The fourth-order valence-corrected chi connectivity index (χ4v) is 3.12. The van der Waals surface area contributed by atoms with E-state index in [9.17, 15) is 9.59 Å². The number of allylic oxidation sites excluding steroid dienone is 1. The summed E-state index contributed by atoms with van der Waals surface area (Å²) in [5.41, 5.74) is 8.00. The summed E-state index contributed by atoms with van der Waals surface area (Å²) >= 11 is 0. The van der Waals surface area contributed by atoms with E-state index in [1.54, 1.807) is 0 Å². The molecule has 162 valence electrons. The Morgan fingerprint density at radius 1 is 0.844 bits per heavy atom. The van der Waals surface area contributed by atoms with Crippen molar-refractivity contribution >= 4 is 29.3 Å². The highest BCUT2D eigenvalue weighted by Crippen LogP contribution is 2.16. The van der Waals surface area contributed by atoms with Gasteiger partial charge >= 0.3 is 0 Å². The molecule has 0 aliphatic heterocycles. The van der Waals surface area contributed by atoms with Crippen LogP contribution in [-0.2, 0) is 9.59 Å². The highest BCUT2D eigenvalue weighted by Gasteiger charge is 2.09. The van der Waals surface area contributed by atoms with Crippen LogP contribution in [0.2, 0.25) is 0 Å². The maximum atomic E-state index is 12.3. The maximum Gasteiger partial charge on any atom is 0.240 e. The molecule has 0 saturated heterocycles. The van der Waals surface area contributed by atoms with Gasteiger partial charge in [-0.3, -0.25) is 9.59 Å². The van der Waals surface area contributed by atoms with E-state index in [1.807, 2.05) is 105 Å². The predicted octanol–water partition coefficient (Wildman–Crippen LogP) is 5.26. The van der Waals surface area contributed by atoms with Gasteiger partial charge in [0.2, 0.25) is 11.8 Å². The van der Waals surface area contributed by atoms with Crippen LogP contribution < -0.4 is 10.7 Å². The number of benzene rings is 3. The molecule has 3 rings (SSSR count). The van der Waals surface area contributed by atoms with Gasteiger partial charge in [-0.25, -0.2) is 5.43 Å². The second-order valence-electron chi connectivity index (χ2n) is 7.51. The molecule has 0 aromatic heterocycles. The molecular weight excluding hydrogens is 398 g/mol. The van der Waals surface area contributed by atoms with Crippen LogP contribution in [0.5, 0.6) is 0 Å². The summed E-state index contributed by atoms with van der Waals surface area (Å²) in [4.78, 5) is 24.5. The third-order valence-electron chi connectivity index (χ3n) is 4.84. The average Bonchev–Trinajstić information content (AvgIpc) is 2.81. The summed E-state index contributed by atoms with van der Waals surface area (Å²) in [6, 6.07) is 25.3. The van der Waals surface area contributed by atoms with Gasteiger partial charge in [0.15, 0.2) is 0 Å². The van der Waals surface area contributed by atoms with Gasteiger partial charge in [0.1, 0.15) is 0 Å². The molecule has 0 aliphatic rings. The van der Waals surface area contributed by atoms with Crippen molar-refractivity contribution in [1.82, 2.24) is 5.43 Å². The second-order valence-corrected chi connectivity index (χ2v) is 7.51. The van der Waals surface area contributed by atoms with Gasteiger partial charge in [-0.15, -0.1) is 0 Å². The maximum absolute atomic E-state index is 12.3. The second kappa shape index (κ2) is 11.4. The number of rotatable bonds is 8. The van der Waals surface area contributed by atoms with Gasteiger partial charge in [-0.2, -0.15) is 5.10 Å². The number of nitrogens with zero attached hydrogens (tertiary/aromatic N) is 1. The van der Waals surface area contributed by atoms with Gasteiger partial charge in [-0.1, -0.05) is 84.4 Å². The highest BCUT2D eigenvalue weighted by molar-refractivity contribution is 6.11. The molecule has 0 heterocycles. The number of hydrogen-bond donors (Lipinski definition) is 2. The Balaban J connectivity index is 1.60. The molecule has 0 unspecified atom stereocenters. The number of anilines is 1. The Labute approximate surface area is 188 Å². The summed E-state index contributed by atoms with van der Waals surface area (Å²) in [6.45, 7) is 3.94.